The first-order valence-corrected chi connectivity index (χ1v) is 8.06. The van der Waals surface area contributed by atoms with Gasteiger partial charge in [0.15, 0.2) is 9.84 Å². The summed E-state index contributed by atoms with van der Waals surface area (Å²) in [5, 5.41) is 0. The van der Waals surface area contributed by atoms with Gasteiger partial charge in [-0.2, -0.15) is 0 Å². The molecule has 4 nitrogen and oxygen atoms in total. The fourth-order valence-corrected chi connectivity index (χ4v) is 4.94. The molecular weight excluding hydrogens is 304 g/mol. The lowest BCUT2D eigenvalue weighted by Gasteiger charge is -2.25. The number of nitrogens with two attached hydrogens (primary N) is 1. The number of pyridine rings is 1. The van der Waals surface area contributed by atoms with Crippen LogP contribution in [-0.2, 0) is 16.3 Å². The van der Waals surface area contributed by atoms with E-state index in [-0.39, 0.29) is 16.9 Å². The number of nitrogens with zero attached hydrogens (tertiary/aromatic N) is 1. The zero-order chi connectivity index (χ0) is 12.5. The van der Waals surface area contributed by atoms with Crippen molar-refractivity contribution in [3.63, 3.8) is 0 Å². The predicted molar refractivity (Wildman–Crippen MR) is 70.4 cm³/mol. The molecule has 0 saturated carbocycles. The topological polar surface area (TPSA) is 73.0 Å². The fourth-order valence-electron chi connectivity index (χ4n) is 2.34. The quantitative estimate of drug-likeness (QED) is 0.907. The number of hydrogen-bond acceptors (Lipinski definition) is 4. The SMILES string of the molecule is NCC1(Cc2cncc(Br)c2)CCS(=O)(=O)C1. The zero-order valence-corrected chi connectivity index (χ0v) is 11.8. The monoisotopic (exact) mass is 318 g/mol. The van der Waals surface area contributed by atoms with Crippen LogP contribution in [0.4, 0.5) is 0 Å². The molecule has 1 aliphatic rings. The van der Waals surface area contributed by atoms with Crippen LogP contribution in [0.1, 0.15) is 12.0 Å². The number of aromatic nitrogens is 1. The zero-order valence-electron chi connectivity index (χ0n) is 9.39. The van der Waals surface area contributed by atoms with Gasteiger partial charge in [-0.05, 0) is 46.9 Å². The normalized spacial score (nSPS) is 27.2. The molecule has 0 amide bonds. The molecule has 94 valence electrons. The van der Waals surface area contributed by atoms with Gasteiger partial charge in [0.2, 0.25) is 0 Å². The number of rotatable bonds is 3. The summed E-state index contributed by atoms with van der Waals surface area (Å²) in [7, 11) is -2.91. The van der Waals surface area contributed by atoms with Gasteiger partial charge in [-0.1, -0.05) is 0 Å². The van der Waals surface area contributed by atoms with Gasteiger partial charge >= 0.3 is 0 Å². The van der Waals surface area contributed by atoms with Crippen LogP contribution in [0.3, 0.4) is 0 Å². The highest BCUT2D eigenvalue weighted by Gasteiger charge is 2.41. The molecule has 2 heterocycles. The van der Waals surface area contributed by atoms with Gasteiger partial charge < -0.3 is 5.73 Å². The Morgan fingerprint density at radius 2 is 2.24 bits per heavy atom. The van der Waals surface area contributed by atoms with Gasteiger partial charge in [-0.15, -0.1) is 0 Å². The first kappa shape index (κ1) is 13.0. The summed E-state index contributed by atoms with van der Waals surface area (Å²) in [4.78, 5) is 4.09. The van der Waals surface area contributed by atoms with E-state index in [4.69, 9.17) is 5.73 Å². The van der Waals surface area contributed by atoms with Gasteiger partial charge in [0, 0.05) is 22.3 Å². The number of halogens is 1. The Labute approximate surface area is 110 Å². The van der Waals surface area contributed by atoms with E-state index < -0.39 is 9.84 Å². The smallest absolute Gasteiger partial charge is 0.150 e. The molecule has 0 aromatic carbocycles. The third-order valence-corrected chi connectivity index (χ3v) is 5.56. The Morgan fingerprint density at radius 1 is 1.47 bits per heavy atom. The molecule has 1 aliphatic heterocycles. The Kier molecular flexibility index (Phi) is 3.56. The Balaban J connectivity index is 2.22. The van der Waals surface area contributed by atoms with Gasteiger partial charge in [-0.25, -0.2) is 8.42 Å². The summed E-state index contributed by atoms with van der Waals surface area (Å²) in [6.45, 7) is 0.402. The van der Waals surface area contributed by atoms with Crippen molar-refractivity contribution in [2.24, 2.45) is 11.1 Å². The van der Waals surface area contributed by atoms with E-state index in [0.29, 0.717) is 19.4 Å². The average molecular weight is 319 g/mol. The summed E-state index contributed by atoms with van der Waals surface area (Å²) in [5.41, 5.74) is 6.50. The van der Waals surface area contributed by atoms with Crippen LogP contribution in [0.2, 0.25) is 0 Å². The first-order valence-electron chi connectivity index (χ1n) is 5.45. The molecule has 1 aromatic rings. The van der Waals surface area contributed by atoms with Gasteiger partial charge in [-0.3, -0.25) is 4.98 Å². The van der Waals surface area contributed by atoms with Crippen molar-refractivity contribution in [2.45, 2.75) is 12.8 Å². The van der Waals surface area contributed by atoms with Crippen LogP contribution in [0.25, 0.3) is 0 Å². The molecule has 1 unspecified atom stereocenters. The van der Waals surface area contributed by atoms with Crippen LogP contribution < -0.4 is 5.73 Å². The highest BCUT2D eigenvalue weighted by molar-refractivity contribution is 9.10. The van der Waals surface area contributed by atoms with Crippen molar-refractivity contribution < 1.29 is 8.42 Å². The maximum Gasteiger partial charge on any atom is 0.150 e. The molecule has 2 rings (SSSR count). The minimum Gasteiger partial charge on any atom is -0.330 e. The summed E-state index contributed by atoms with van der Waals surface area (Å²) in [6.07, 6.45) is 4.81. The van der Waals surface area contributed by atoms with Crippen LogP contribution in [0.5, 0.6) is 0 Å². The molecule has 1 atom stereocenters. The Bertz CT molecular complexity index is 518. The minimum atomic E-state index is -2.91. The maximum atomic E-state index is 11.6. The molecule has 2 N–H and O–H groups in total. The van der Waals surface area contributed by atoms with E-state index in [1.807, 2.05) is 6.07 Å². The molecular formula is C11H15BrN2O2S. The molecule has 1 saturated heterocycles. The second-order valence-corrected chi connectivity index (χ2v) is 7.83. The van der Waals surface area contributed by atoms with Crippen molar-refractivity contribution in [3.05, 3.63) is 28.5 Å². The largest absolute Gasteiger partial charge is 0.330 e. The van der Waals surface area contributed by atoms with E-state index in [0.717, 1.165) is 10.0 Å². The molecule has 0 aliphatic carbocycles. The van der Waals surface area contributed by atoms with E-state index in [1.54, 1.807) is 12.4 Å². The summed E-state index contributed by atoms with van der Waals surface area (Å²) in [5.74, 6) is 0.453. The van der Waals surface area contributed by atoms with Gasteiger partial charge in [0.1, 0.15) is 0 Å². The fraction of sp³-hybridized carbons (Fsp3) is 0.545. The third kappa shape index (κ3) is 3.05. The lowest BCUT2D eigenvalue weighted by atomic mass is 9.82. The number of sulfone groups is 1. The molecule has 0 bridgehead atoms. The average Bonchev–Trinajstić information content (AvgIpc) is 2.55. The maximum absolute atomic E-state index is 11.6. The lowest BCUT2D eigenvalue weighted by Crippen LogP contribution is -2.34. The van der Waals surface area contributed by atoms with E-state index >= 15 is 0 Å². The van der Waals surface area contributed by atoms with E-state index in [1.165, 1.54) is 0 Å². The Morgan fingerprint density at radius 3 is 2.76 bits per heavy atom. The summed E-state index contributed by atoms with van der Waals surface area (Å²) in [6, 6.07) is 1.97. The van der Waals surface area contributed by atoms with Crippen LogP contribution in [0.15, 0.2) is 22.9 Å². The standard InChI is InChI=1S/C11H15BrN2O2S/c12-10-3-9(5-14-6-10)4-11(7-13)1-2-17(15,16)8-11/h3,5-6H,1-2,4,7-8,13H2. The second kappa shape index (κ2) is 4.66. The van der Waals surface area contributed by atoms with Gasteiger partial charge in [0.25, 0.3) is 0 Å². The van der Waals surface area contributed by atoms with Crippen molar-refractivity contribution in [2.75, 3.05) is 18.1 Å². The molecule has 1 aromatic heterocycles. The predicted octanol–water partition coefficient (Wildman–Crippen LogP) is 1.15. The van der Waals surface area contributed by atoms with Gasteiger partial charge in [0.05, 0.1) is 11.5 Å². The van der Waals surface area contributed by atoms with Crippen molar-refractivity contribution in [1.82, 2.24) is 4.98 Å². The van der Waals surface area contributed by atoms with Crippen LogP contribution in [0, 0.1) is 5.41 Å². The summed E-state index contributed by atoms with van der Waals surface area (Å²) >= 11 is 3.36. The van der Waals surface area contributed by atoms with Crippen molar-refractivity contribution in [1.29, 1.82) is 0 Å². The molecule has 6 heteroatoms. The minimum absolute atomic E-state index is 0.197. The second-order valence-electron chi connectivity index (χ2n) is 4.73. The van der Waals surface area contributed by atoms with E-state index in [2.05, 4.69) is 20.9 Å². The molecule has 17 heavy (non-hydrogen) atoms. The van der Waals surface area contributed by atoms with Crippen LogP contribution in [-0.4, -0.2) is 31.5 Å². The molecule has 0 radical (unpaired) electrons. The highest BCUT2D eigenvalue weighted by Crippen LogP contribution is 2.35. The summed E-state index contributed by atoms with van der Waals surface area (Å²) < 4.78 is 24.1. The van der Waals surface area contributed by atoms with Crippen molar-refractivity contribution >= 4 is 25.8 Å². The molecule has 0 spiro atoms. The Hall–Kier alpha value is -0.460. The third-order valence-electron chi connectivity index (χ3n) is 3.24. The van der Waals surface area contributed by atoms with E-state index in [9.17, 15) is 8.42 Å². The van der Waals surface area contributed by atoms with Crippen molar-refractivity contribution in [3.8, 4) is 0 Å². The lowest BCUT2D eigenvalue weighted by molar-refractivity contribution is 0.344. The molecule has 1 fully saturated rings. The highest BCUT2D eigenvalue weighted by atomic mass is 79.9. The first-order chi connectivity index (χ1) is 7.95. The number of hydrogen-bond donors (Lipinski definition) is 1. The van der Waals surface area contributed by atoms with Crippen LogP contribution >= 0.6 is 15.9 Å².